The number of nitriles is 1. The van der Waals surface area contributed by atoms with Crippen molar-refractivity contribution >= 4 is 46.5 Å². The summed E-state index contributed by atoms with van der Waals surface area (Å²) in [6.45, 7) is 0. The van der Waals surface area contributed by atoms with Gasteiger partial charge in [0, 0.05) is 32.9 Å². The predicted octanol–water partition coefficient (Wildman–Crippen LogP) is 7.56. The molecule has 0 saturated heterocycles. The molecule has 0 radical (unpaired) electrons. The topological polar surface area (TPSA) is 41.6 Å². The highest BCUT2D eigenvalue weighted by molar-refractivity contribution is 6.36. The molecule has 0 aliphatic heterocycles. The number of para-hydroxylation sites is 1. The van der Waals surface area contributed by atoms with Crippen molar-refractivity contribution in [2.75, 3.05) is 0 Å². The highest BCUT2D eigenvalue weighted by Crippen LogP contribution is 2.31. The average Bonchev–Trinajstić information content (AvgIpc) is 3.17. The van der Waals surface area contributed by atoms with Gasteiger partial charge in [0.05, 0.1) is 28.0 Å². The molecule has 0 N–H and O–H groups in total. The summed E-state index contributed by atoms with van der Waals surface area (Å²) in [5.41, 5.74) is 4.34. The van der Waals surface area contributed by atoms with Crippen LogP contribution < -0.4 is 0 Å². The minimum Gasteiger partial charge on any atom is -0.240 e. The summed E-state index contributed by atoms with van der Waals surface area (Å²) in [4.78, 5) is 0. The van der Waals surface area contributed by atoms with Crippen LogP contribution in [0.3, 0.4) is 0 Å². The van der Waals surface area contributed by atoms with E-state index >= 15 is 0 Å². The zero-order chi connectivity index (χ0) is 21.1. The Kier molecular flexibility index (Phi) is 5.92. The van der Waals surface area contributed by atoms with Crippen molar-refractivity contribution in [2.24, 2.45) is 0 Å². The van der Waals surface area contributed by atoms with Crippen LogP contribution >= 0.6 is 34.8 Å². The highest BCUT2D eigenvalue weighted by Gasteiger charge is 2.14. The van der Waals surface area contributed by atoms with Gasteiger partial charge in [0.2, 0.25) is 0 Å². The fourth-order valence-corrected chi connectivity index (χ4v) is 3.71. The van der Waals surface area contributed by atoms with E-state index in [0.29, 0.717) is 26.2 Å². The standard InChI is InChI=1S/C24H14Cl3N3/c25-19-8-6-16(7-9-19)24-18(15-30(29-24)21-4-2-1-3-5-21)12-17(14-28)22-11-10-20(26)13-23(22)27/h1-13,15H/b17-12+. The summed E-state index contributed by atoms with van der Waals surface area (Å²) in [6, 6.07) is 24.5. The van der Waals surface area contributed by atoms with Gasteiger partial charge in [0.25, 0.3) is 0 Å². The zero-order valence-corrected chi connectivity index (χ0v) is 17.8. The second kappa shape index (κ2) is 8.77. The third kappa shape index (κ3) is 4.27. The number of hydrogen-bond donors (Lipinski definition) is 0. The minimum atomic E-state index is 0.416. The summed E-state index contributed by atoms with van der Waals surface area (Å²) in [7, 11) is 0. The molecule has 146 valence electrons. The Labute approximate surface area is 189 Å². The van der Waals surface area contributed by atoms with E-state index < -0.39 is 0 Å². The Morgan fingerprint density at radius 1 is 0.900 bits per heavy atom. The Morgan fingerprint density at radius 2 is 1.60 bits per heavy atom. The SMILES string of the molecule is N#C/C(=C\c1cn(-c2ccccc2)nc1-c1ccc(Cl)cc1)c1ccc(Cl)cc1Cl. The third-order valence-corrected chi connectivity index (χ3v) is 5.32. The summed E-state index contributed by atoms with van der Waals surface area (Å²) >= 11 is 18.4. The summed E-state index contributed by atoms with van der Waals surface area (Å²) in [5, 5.41) is 16.1. The Hall–Kier alpha value is -3.03. The normalized spacial score (nSPS) is 11.3. The molecule has 4 rings (SSSR count). The van der Waals surface area contributed by atoms with Crippen molar-refractivity contribution in [3.05, 3.63) is 105 Å². The monoisotopic (exact) mass is 449 g/mol. The fourth-order valence-electron chi connectivity index (χ4n) is 3.07. The molecule has 3 nitrogen and oxygen atoms in total. The van der Waals surface area contributed by atoms with Crippen LogP contribution in [-0.4, -0.2) is 9.78 Å². The predicted molar refractivity (Wildman–Crippen MR) is 124 cm³/mol. The van der Waals surface area contributed by atoms with Gasteiger partial charge >= 0.3 is 0 Å². The lowest BCUT2D eigenvalue weighted by Crippen LogP contribution is -1.93. The Balaban J connectivity index is 1.88. The molecule has 0 fully saturated rings. The first-order valence-corrected chi connectivity index (χ1v) is 10.2. The molecule has 0 amide bonds. The van der Waals surface area contributed by atoms with E-state index in [0.717, 1.165) is 22.5 Å². The van der Waals surface area contributed by atoms with E-state index in [1.807, 2.05) is 60.8 Å². The van der Waals surface area contributed by atoms with Crippen molar-refractivity contribution in [1.82, 2.24) is 9.78 Å². The highest BCUT2D eigenvalue weighted by atomic mass is 35.5. The number of allylic oxidation sites excluding steroid dienone is 1. The molecule has 6 heteroatoms. The maximum absolute atomic E-state index is 9.80. The van der Waals surface area contributed by atoms with E-state index in [-0.39, 0.29) is 0 Å². The van der Waals surface area contributed by atoms with Gasteiger partial charge in [-0.3, -0.25) is 0 Å². The van der Waals surface area contributed by atoms with Crippen molar-refractivity contribution in [3.63, 3.8) is 0 Å². The van der Waals surface area contributed by atoms with Gasteiger partial charge in [-0.15, -0.1) is 0 Å². The first-order chi connectivity index (χ1) is 14.5. The fraction of sp³-hybridized carbons (Fsp3) is 0. The molecule has 4 aromatic rings. The van der Waals surface area contributed by atoms with Crippen molar-refractivity contribution in [3.8, 4) is 23.0 Å². The Morgan fingerprint density at radius 3 is 2.27 bits per heavy atom. The molecular formula is C24H14Cl3N3. The summed E-state index contributed by atoms with van der Waals surface area (Å²) < 4.78 is 1.79. The van der Waals surface area contributed by atoms with E-state index in [9.17, 15) is 5.26 Å². The molecule has 0 spiro atoms. The Bertz CT molecular complexity index is 1270. The molecule has 0 aliphatic carbocycles. The summed E-state index contributed by atoms with van der Waals surface area (Å²) in [5.74, 6) is 0. The van der Waals surface area contributed by atoms with Gasteiger partial charge in [-0.05, 0) is 42.5 Å². The van der Waals surface area contributed by atoms with E-state index in [2.05, 4.69) is 6.07 Å². The number of halogens is 3. The molecule has 1 heterocycles. The first kappa shape index (κ1) is 20.3. The largest absolute Gasteiger partial charge is 0.240 e. The van der Waals surface area contributed by atoms with Crippen LogP contribution in [0.1, 0.15) is 11.1 Å². The van der Waals surface area contributed by atoms with E-state index in [1.54, 1.807) is 29.0 Å². The number of rotatable bonds is 4. The second-order valence-corrected chi connectivity index (χ2v) is 7.79. The van der Waals surface area contributed by atoms with Gasteiger partial charge in [-0.1, -0.05) is 71.2 Å². The maximum atomic E-state index is 9.80. The van der Waals surface area contributed by atoms with Crippen molar-refractivity contribution < 1.29 is 0 Å². The minimum absolute atomic E-state index is 0.416. The van der Waals surface area contributed by atoms with Gasteiger partial charge in [0.15, 0.2) is 0 Å². The third-order valence-electron chi connectivity index (χ3n) is 4.52. The summed E-state index contributed by atoms with van der Waals surface area (Å²) in [6.07, 6.45) is 3.67. The lowest BCUT2D eigenvalue weighted by atomic mass is 10.0. The molecule has 1 aromatic heterocycles. The lowest BCUT2D eigenvalue weighted by Gasteiger charge is -2.04. The molecule has 3 aromatic carbocycles. The van der Waals surface area contributed by atoms with Crippen molar-refractivity contribution in [1.29, 1.82) is 5.26 Å². The van der Waals surface area contributed by atoms with Crippen LogP contribution in [0.5, 0.6) is 0 Å². The van der Waals surface area contributed by atoms with E-state index in [4.69, 9.17) is 39.9 Å². The van der Waals surface area contributed by atoms with Crippen molar-refractivity contribution in [2.45, 2.75) is 0 Å². The van der Waals surface area contributed by atoms with Gasteiger partial charge in [-0.2, -0.15) is 10.4 Å². The molecule has 0 atom stereocenters. The van der Waals surface area contributed by atoms with E-state index in [1.165, 1.54) is 0 Å². The van der Waals surface area contributed by atoms with Gasteiger partial charge in [0.1, 0.15) is 0 Å². The molecule has 30 heavy (non-hydrogen) atoms. The molecule has 0 saturated carbocycles. The van der Waals surface area contributed by atoms with Crippen LogP contribution in [0.2, 0.25) is 15.1 Å². The number of benzene rings is 3. The number of hydrogen-bond acceptors (Lipinski definition) is 2. The molecule has 0 aliphatic rings. The second-order valence-electron chi connectivity index (χ2n) is 6.51. The van der Waals surface area contributed by atoms with Crippen LogP contribution in [-0.2, 0) is 0 Å². The average molecular weight is 451 g/mol. The number of nitrogens with zero attached hydrogens (tertiary/aromatic N) is 3. The van der Waals surface area contributed by atoms with Crippen LogP contribution in [0.25, 0.3) is 28.6 Å². The zero-order valence-electron chi connectivity index (χ0n) is 15.6. The molecule has 0 unspecified atom stereocenters. The smallest absolute Gasteiger partial charge is 0.1000 e. The van der Waals surface area contributed by atoms with Gasteiger partial charge in [-0.25, -0.2) is 4.68 Å². The van der Waals surface area contributed by atoms with Crippen LogP contribution in [0, 0.1) is 11.3 Å². The maximum Gasteiger partial charge on any atom is 0.1000 e. The quantitative estimate of drug-likeness (QED) is 0.301. The first-order valence-electron chi connectivity index (χ1n) is 9.03. The lowest BCUT2D eigenvalue weighted by molar-refractivity contribution is 0.884. The van der Waals surface area contributed by atoms with Crippen LogP contribution in [0.4, 0.5) is 0 Å². The van der Waals surface area contributed by atoms with Crippen LogP contribution in [0.15, 0.2) is 79.0 Å². The molecule has 0 bridgehead atoms. The number of aromatic nitrogens is 2. The van der Waals surface area contributed by atoms with Gasteiger partial charge < -0.3 is 0 Å². The molecular weight excluding hydrogens is 437 g/mol.